The Hall–Kier alpha value is -3.94. The molecule has 2 aromatic heterocycles. The number of benzene rings is 1. The van der Waals surface area contributed by atoms with E-state index in [9.17, 15) is 9.59 Å². The maximum atomic E-state index is 12.4. The van der Waals surface area contributed by atoms with Crippen molar-refractivity contribution in [2.75, 3.05) is 51.5 Å². The molecule has 4 heterocycles. The quantitative estimate of drug-likeness (QED) is 0.347. The number of anilines is 2. The number of fused-ring (bicyclic) bond motifs is 1. The van der Waals surface area contributed by atoms with Crippen molar-refractivity contribution in [1.82, 2.24) is 29.7 Å². The first-order chi connectivity index (χ1) is 21.8. The lowest BCUT2D eigenvalue weighted by molar-refractivity contribution is -0.133. The van der Waals surface area contributed by atoms with Gasteiger partial charge in [-0.3, -0.25) is 14.7 Å². The SMILES string of the molecule is C=O.CCC.CCNC(=O)[C@@H]1CC[C@H](n2cnc3c(NC(=O)Nc4ccc(C)cc4)ncnc32)O1.CN1CCCCC1.COC. The highest BCUT2D eigenvalue weighted by Gasteiger charge is 2.32. The summed E-state index contributed by atoms with van der Waals surface area (Å²) in [5, 5.41) is 8.25. The van der Waals surface area contributed by atoms with E-state index in [4.69, 9.17) is 9.53 Å². The van der Waals surface area contributed by atoms with Crippen molar-refractivity contribution >= 4 is 41.4 Å². The molecule has 0 unspecified atom stereocenters. The van der Waals surface area contributed by atoms with Crippen LogP contribution in [0.4, 0.5) is 16.3 Å². The summed E-state index contributed by atoms with van der Waals surface area (Å²) in [6, 6.07) is 7.04. The van der Waals surface area contributed by atoms with Crippen LogP contribution in [-0.4, -0.2) is 90.2 Å². The molecule has 13 nitrogen and oxygen atoms in total. The molecule has 2 saturated heterocycles. The minimum absolute atomic E-state index is 0.117. The predicted octanol–water partition coefficient (Wildman–Crippen LogP) is 5.19. The molecule has 2 aliphatic rings. The van der Waals surface area contributed by atoms with Gasteiger partial charge in [0.1, 0.15) is 25.4 Å². The van der Waals surface area contributed by atoms with Gasteiger partial charge in [0.05, 0.1) is 6.33 Å². The highest BCUT2D eigenvalue weighted by molar-refractivity contribution is 6.02. The minimum Gasteiger partial charge on any atom is -0.388 e. The topological polar surface area (TPSA) is 153 Å². The number of imidazole rings is 1. The van der Waals surface area contributed by atoms with E-state index in [1.54, 1.807) is 25.1 Å². The zero-order valence-corrected chi connectivity index (χ0v) is 28.0. The molecule has 3 N–H and O–H groups in total. The number of hydrogen-bond donors (Lipinski definition) is 3. The third kappa shape index (κ3) is 13.7. The Kier molecular flexibility index (Phi) is 19.6. The molecule has 0 bridgehead atoms. The van der Waals surface area contributed by atoms with Crippen molar-refractivity contribution in [2.45, 2.75) is 78.6 Å². The van der Waals surface area contributed by atoms with Gasteiger partial charge in [-0.2, -0.15) is 0 Å². The number of carbonyl (C=O) groups excluding carboxylic acids is 3. The van der Waals surface area contributed by atoms with Crippen molar-refractivity contribution in [1.29, 1.82) is 0 Å². The van der Waals surface area contributed by atoms with E-state index in [0.29, 0.717) is 42.1 Å². The average molecular weight is 629 g/mol. The van der Waals surface area contributed by atoms with Crippen LogP contribution in [0.15, 0.2) is 36.9 Å². The summed E-state index contributed by atoms with van der Waals surface area (Å²) in [5.74, 6) is 0.177. The molecule has 1 aromatic carbocycles. The number of rotatable bonds is 5. The van der Waals surface area contributed by atoms with Gasteiger partial charge in [-0.1, -0.05) is 44.4 Å². The number of amides is 3. The lowest BCUT2D eigenvalue weighted by Gasteiger charge is -2.20. The van der Waals surface area contributed by atoms with Crippen LogP contribution in [0, 0.1) is 6.92 Å². The molecule has 0 spiro atoms. The molecule has 0 radical (unpaired) electrons. The Morgan fingerprint density at radius 3 is 2.16 bits per heavy atom. The lowest BCUT2D eigenvalue weighted by Crippen LogP contribution is -2.34. The van der Waals surface area contributed by atoms with Crippen molar-refractivity contribution in [3.05, 3.63) is 42.5 Å². The van der Waals surface area contributed by atoms with Crippen LogP contribution in [0.1, 0.15) is 71.1 Å². The van der Waals surface area contributed by atoms with E-state index in [-0.39, 0.29) is 12.1 Å². The van der Waals surface area contributed by atoms with E-state index in [1.165, 1.54) is 45.1 Å². The van der Waals surface area contributed by atoms with E-state index in [2.05, 4.69) is 61.4 Å². The number of likely N-dealkylation sites (N-methyl/N-ethyl adjacent to an activating group) is 1. The van der Waals surface area contributed by atoms with Gasteiger partial charge in [0, 0.05) is 26.5 Å². The number of nitrogens with zero attached hydrogens (tertiary/aromatic N) is 5. The molecular weight excluding hydrogens is 576 g/mol. The first-order valence-corrected chi connectivity index (χ1v) is 15.4. The van der Waals surface area contributed by atoms with Crippen molar-refractivity contribution in [3.8, 4) is 0 Å². The highest BCUT2D eigenvalue weighted by atomic mass is 16.5. The third-order valence-electron chi connectivity index (χ3n) is 6.43. The summed E-state index contributed by atoms with van der Waals surface area (Å²) >= 11 is 0. The standard InChI is InChI=1S/C20H23N7O3.C6H13N.C3H8.C2H6O.CH2O/c1-3-21-19(28)14-8-9-15(30-14)27-11-24-16-17(22-10-23-18(16)27)26-20(29)25-13-6-4-12(2)5-7-13;1-7-5-3-2-4-6-7;2*1-3-2;1-2/h4-7,10-11,14-15H,3,8-9H2,1-2H3,(H,21,28)(H2,22,23,25,26,29);2-6H2,1H3;3H2,1-2H3;1-2H3;1H2/t14-,15+;;;;/m0..../s1. The fourth-order valence-electron chi connectivity index (χ4n) is 4.42. The third-order valence-corrected chi connectivity index (χ3v) is 6.43. The summed E-state index contributed by atoms with van der Waals surface area (Å²) in [4.78, 5) is 47.6. The zero-order chi connectivity index (χ0) is 33.6. The monoisotopic (exact) mass is 628 g/mol. The average Bonchev–Trinajstić information content (AvgIpc) is 3.69. The second-order valence-electron chi connectivity index (χ2n) is 10.5. The summed E-state index contributed by atoms with van der Waals surface area (Å²) in [5.41, 5.74) is 2.75. The van der Waals surface area contributed by atoms with Crippen LogP contribution in [0.5, 0.6) is 0 Å². The molecule has 2 aliphatic heterocycles. The van der Waals surface area contributed by atoms with E-state index in [1.807, 2.05) is 44.9 Å². The van der Waals surface area contributed by atoms with Gasteiger partial charge in [0.2, 0.25) is 5.91 Å². The van der Waals surface area contributed by atoms with Crippen LogP contribution in [0.25, 0.3) is 11.2 Å². The molecule has 5 rings (SSSR count). The highest BCUT2D eigenvalue weighted by Crippen LogP contribution is 2.31. The Bertz CT molecular complexity index is 1250. The van der Waals surface area contributed by atoms with Crippen molar-refractivity contribution in [2.24, 2.45) is 0 Å². The summed E-state index contributed by atoms with van der Waals surface area (Å²) in [6.07, 6.45) is 8.90. The minimum atomic E-state index is -0.493. The molecule has 0 saturated carbocycles. The molecule has 3 aromatic rings. The smallest absolute Gasteiger partial charge is 0.324 e. The summed E-state index contributed by atoms with van der Waals surface area (Å²) in [7, 11) is 5.44. The molecule has 45 heavy (non-hydrogen) atoms. The Balaban J connectivity index is 0.000000563. The van der Waals surface area contributed by atoms with Crippen LogP contribution in [-0.2, 0) is 19.1 Å². The molecule has 3 amide bonds. The summed E-state index contributed by atoms with van der Waals surface area (Å²) < 4.78 is 11.9. The maximum absolute atomic E-state index is 12.4. The van der Waals surface area contributed by atoms with Gasteiger partial charge >= 0.3 is 6.03 Å². The molecule has 2 fully saturated rings. The number of nitrogens with one attached hydrogen (secondary N) is 3. The van der Waals surface area contributed by atoms with Gasteiger partial charge in [0.15, 0.2) is 17.0 Å². The van der Waals surface area contributed by atoms with Crippen LogP contribution >= 0.6 is 0 Å². The van der Waals surface area contributed by atoms with E-state index >= 15 is 0 Å². The molecular formula is C32H52N8O5. The number of hydrogen-bond acceptors (Lipinski definition) is 9. The number of methoxy groups -OCH3 is 1. The van der Waals surface area contributed by atoms with Gasteiger partial charge in [-0.15, -0.1) is 0 Å². The first-order valence-electron chi connectivity index (χ1n) is 15.4. The Labute approximate surface area is 267 Å². The molecule has 2 atom stereocenters. The van der Waals surface area contributed by atoms with Crippen LogP contribution < -0.4 is 16.0 Å². The first kappa shape index (κ1) is 39.1. The second kappa shape index (κ2) is 22.6. The number of piperidine rings is 1. The van der Waals surface area contributed by atoms with Gasteiger partial charge in [-0.05, 0) is 71.8 Å². The fourth-order valence-corrected chi connectivity index (χ4v) is 4.42. The number of carbonyl (C=O) groups is 3. The number of ether oxygens (including phenoxy) is 2. The zero-order valence-electron chi connectivity index (χ0n) is 28.0. The predicted molar refractivity (Wildman–Crippen MR) is 178 cm³/mol. The van der Waals surface area contributed by atoms with E-state index in [0.717, 1.165) is 5.56 Å². The number of aromatic nitrogens is 4. The lowest BCUT2D eigenvalue weighted by atomic mass is 10.1. The molecule has 13 heteroatoms. The largest absolute Gasteiger partial charge is 0.388 e. The van der Waals surface area contributed by atoms with Crippen molar-refractivity contribution < 1.29 is 23.9 Å². The summed E-state index contributed by atoms with van der Waals surface area (Å²) in [6.45, 7) is 13.3. The van der Waals surface area contributed by atoms with Gasteiger partial charge < -0.3 is 29.8 Å². The maximum Gasteiger partial charge on any atom is 0.324 e. The fraction of sp³-hybridized carbons (Fsp3) is 0.562. The normalized spacial score (nSPS) is 17.0. The number of likely N-dealkylation sites (tertiary alicyclic amines) is 1. The molecule has 250 valence electrons. The Morgan fingerprint density at radius 1 is 0.978 bits per heavy atom. The second-order valence-corrected chi connectivity index (χ2v) is 10.5. The molecule has 0 aliphatic carbocycles. The van der Waals surface area contributed by atoms with Crippen molar-refractivity contribution in [3.63, 3.8) is 0 Å². The van der Waals surface area contributed by atoms with Gasteiger partial charge in [-0.25, -0.2) is 19.7 Å². The number of aryl methyl sites for hydroxylation is 1. The van der Waals surface area contributed by atoms with Crippen LogP contribution in [0.2, 0.25) is 0 Å². The number of urea groups is 1. The Morgan fingerprint density at radius 2 is 1.60 bits per heavy atom. The van der Waals surface area contributed by atoms with Gasteiger partial charge in [0.25, 0.3) is 0 Å². The van der Waals surface area contributed by atoms with Crippen LogP contribution in [0.3, 0.4) is 0 Å². The van der Waals surface area contributed by atoms with E-state index < -0.39 is 12.1 Å².